The van der Waals surface area contributed by atoms with Crippen LogP contribution in [0.2, 0.25) is 0 Å². The number of pyridine rings is 1. The third-order valence-electron chi connectivity index (χ3n) is 7.86. The van der Waals surface area contributed by atoms with Gasteiger partial charge in [0.1, 0.15) is 24.3 Å². The van der Waals surface area contributed by atoms with E-state index in [1.807, 2.05) is 68.4 Å². The molecule has 2 atom stereocenters. The van der Waals surface area contributed by atoms with Crippen LogP contribution >= 0.6 is 0 Å². The summed E-state index contributed by atoms with van der Waals surface area (Å²) in [6.07, 6.45) is 2.09. The number of hydrogen-bond donors (Lipinski definition) is 2. The van der Waals surface area contributed by atoms with Crippen molar-refractivity contribution >= 4 is 11.7 Å². The number of hydrogen-bond acceptors (Lipinski definition) is 6. The Morgan fingerprint density at radius 1 is 0.900 bits per heavy atom. The minimum Gasteiger partial charge on any atom is -0.444 e. The van der Waals surface area contributed by atoms with Gasteiger partial charge < -0.3 is 20.2 Å². The molecule has 5 aromatic rings. The molecule has 2 aromatic heterocycles. The van der Waals surface area contributed by atoms with Crippen LogP contribution in [0.4, 0.5) is 5.82 Å². The van der Waals surface area contributed by atoms with Gasteiger partial charge in [0, 0.05) is 29.8 Å². The Labute approximate surface area is 232 Å². The largest absolute Gasteiger partial charge is 0.444 e. The molecule has 4 heterocycles. The predicted molar refractivity (Wildman–Crippen MR) is 152 cm³/mol. The average Bonchev–Trinajstić information content (AvgIpc) is 3.67. The number of anilines is 1. The van der Waals surface area contributed by atoms with Crippen LogP contribution in [-0.2, 0) is 17.7 Å². The number of nitrogen functional groups attached to an aromatic ring is 1. The lowest BCUT2D eigenvalue weighted by atomic mass is 9.84. The highest BCUT2D eigenvalue weighted by atomic mass is 16.5. The van der Waals surface area contributed by atoms with Crippen LogP contribution in [0.1, 0.15) is 72.9 Å². The van der Waals surface area contributed by atoms with Crippen molar-refractivity contribution in [1.29, 1.82) is 0 Å². The van der Waals surface area contributed by atoms with Crippen molar-refractivity contribution in [2.45, 2.75) is 39.0 Å². The molecule has 0 spiro atoms. The van der Waals surface area contributed by atoms with Gasteiger partial charge in [0.2, 0.25) is 5.89 Å². The van der Waals surface area contributed by atoms with E-state index in [1.165, 1.54) is 5.56 Å². The van der Waals surface area contributed by atoms with Gasteiger partial charge in [-0.15, -0.1) is 0 Å². The molecule has 40 heavy (non-hydrogen) atoms. The van der Waals surface area contributed by atoms with Gasteiger partial charge in [-0.2, -0.15) is 0 Å². The number of benzene rings is 3. The predicted octanol–water partition coefficient (Wildman–Crippen LogP) is 5.98. The van der Waals surface area contributed by atoms with E-state index in [2.05, 4.69) is 33.5 Å². The zero-order valence-corrected chi connectivity index (χ0v) is 22.3. The maximum atomic E-state index is 13.1. The maximum absolute atomic E-state index is 13.1. The maximum Gasteiger partial charge on any atom is 0.251 e. The van der Waals surface area contributed by atoms with Crippen LogP contribution in [0.25, 0.3) is 11.5 Å². The summed E-state index contributed by atoms with van der Waals surface area (Å²) in [5.41, 5.74) is 16.8. The van der Waals surface area contributed by atoms with Gasteiger partial charge in [-0.05, 0) is 83.1 Å². The fourth-order valence-corrected chi connectivity index (χ4v) is 5.88. The molecule has 0 aliphatic carbocycles. The number of carbonyl (C=O) groups excluding carboxylic acids is 1. The van der Waals surface area contributed by atoms with Crippen LogP contribution in [0.3, 0.4) is 0 Å². The number of oxazole rings is 1. The summed E-state index contributed by atoms with van der Waals surface area (Å²) in [4.78, 5) is 22.1. The van der Waals surface area contributed by atoms with E-state index in [9.17, 15) is 4.79 Å². The molecule has 2 aliphatic rings. The highest BCUT2D eigenvalue weighted by Gasteiger charge is 2.43. The van der Waals surface area contributed by atoms with E-state index in [0.717, 1.165) is 50.3 Å². The first-order valence-electron chi connectivity index (χ1n) is 13.4. The number of nitrogens with zero attached hydrogens (tertiary/aromatic N) is 2. The number of carbonyl (C=O) groups is 1. The van der Waals surface area contributed by atoms with Gasteiger partial charge in [0.15, 0.2) is 0 Å². The Bertz CT molecular complexity index is 1750. The lowest BCUT2D eigenvalue weighted by Gasteiger charge is -2.18. The van der Waals surface area contributed by atoms with Crippen LogP contribution in [0.15, 0.2) is 83.5 Å². The van der Waals surface area contributed by atoms with Crippen molar-refractivity contribution in [3.8, 4) is 11.5 Å². The van der Waals surface area contributed by atoms with E-state index in [1.54, 1.807) is 6.26 Å². The number of amides is 1. The third-order valence-corrected chi connectivity index (χ3v) is 7.86. The summed E-state index contributed by atoms with van der Waals surface area (Å²) in [5, 5.41) is 3.04. The number of aryl methyl sites for hydroxylation is 2. The highest BCUT2D eigenvalue weighted by molar-refractivity contribution is 5.94. The average molecular weight is 529 g/mol. The number of nitrogens with two attached hydrogens (primary N) is 1. The number of rotatable bonds is 6. The minimum absolute atomic E-state index is 0.107. The fourth-order valence-electron chi connectivity index (χ4n) is 5.88. The van der Waals surface area contributed by atoms with Crippen molar-refractivity contribution in [2.24, 2.45) is 0 Å². The second kappa shape index (κ2) is 9.47. The van der Waals surface area contributed by atoms with Crippen molar-refractivity contribution in [3.63, 3.8) is 0 Å². The van der Waals surface area contributed by atoms with E-state index in [-0.39, 0.29) is 18.1 Å². The number of nitrogens with one attached hydrogen (secondary N) is 1. The van der Waals surface area contributed by atoms with Gasteiger partial charge in [-0.1, -0.05) is 42.5 Å². The zero-order chi connectivity index (χ0) is 27.4. The standard InChI is InChI=1S/C33H28N4O3/c1-18-12-29(34)36-19(2)28(18)16-35-32(38)22-9-11-25-27(15-22)31-26-14-20(8-10-24(26)30(25)40-31)13-23-17-39-33(37-23)21-6-4-3-5-7-21/h3-12,14-15,17,30-31H,13,16H2,1-2H3,(H2,34,36)(H,35,38). The van der Waals surface area contributed by atoms with Gasteiger partial charge in [0.05, 0.1) is 5.69 Å². The van der Waals surface area contributed by atoms with Crippen molar-refractivity contribution in [1.82, 2.24) is 15.3 Å². The molecule has 2 aliphatic heterocycles. The van der Waals surface area contributed by atoms with E-state index >= 15 is 0 Å². The molecular weight excluding hydrogens is 500 g/mol. The quantitative estimate of drug-likeness (QED) is 0.281. The molecule has 0 saturated carbocycles. The Hall–Kier alpha value is -4.75. The van der Waals surface area contributed by atoms with Crippen LogP contribution in [0, 0.1) is 13.8 Å². The normalized spacial score (nSPS) is 16.6. The van der Waals surface area contributed by atoms with E-state index in [0.29, 0.717) is 30.2 Å². The second-order valence-corrected chi connectivity index (χ2v) is 10.5. The number of fused-ring (bicyclic) bond motifs is 8. The Morgan fingerprint density at radius 3 is 2.45 bits per heavy atom. The first kappa shape index (κ1) is 24.3. The minimum atomic E-state index is -0.189. The van der Waals surface area contributed by atoms with Gasteiger partial charge >= 0.3 is 0 Å². The molecule has 7 nitrogen and oxygen atoms in total. The lowest BCUT2D eigenvalue weighted by molar-refractivity contribution is 0.0857. The fraction of sp³-hybridized carbons (Fsp3) is 0.182. The number of aromatic nitrogens is 2. The van der Waals surface area contributed by atoms with Crippen LogP contribution in [-0.4, -0.2) is 15.9 Å². The van der Waals surface area contributed by atoms with Gasteiger partial charge in [-0.25, -0.2) is 9.97 Å². The van der Waals surface area contributed by atoms with E-state index < -0.39 is 0 Å². The summed E-state index contributed by atoms with van der Waals surface area (Å²) >= 11 is 0. The molecule has 2 bridgehead atoms. The molecule has 0 radical (unpaired) electrons. The Kier molecular flexibility index (Phi) is 5.75. The molecule has 0 fully saturated rings. The van der Waals surface area contributed by atoms with Gasteiger partial charge in [0.25, 0.3) is 5.91 Å². The molecule has 2 unspecified atom stereocenters. The molecule has 7 heteroatoms. The summed E-state index contributed by atoms with van der Waals surface area (Å²) in [6, 6.07) is 24.1. The van der Waals surface area contributed by atoms with Crippen LogP contribution in [0.5, 0.6) is 0 Å². The Morgan fingerprint density at radius 2 is 1.65 bits per heavy atom. The molecule has 7 rings (SSSR count). The summed E-state index contributed by atoms with van der Waals surface area (Å²) in [5.74, 6) is 0.979. The lowest BCUT2D eigenvalue weighted by Crippen LogP contribution is -2.24. The van der Waals surface area contributed by atoms with Crippen molar-refractivity contribution in [2.75, 3.05) is 5.73 Å². The van der Waals surface area contributed by atoms with Gasteiger partial charge in [-0.3, -0.25) is 4.79 Å². The molecule has 1 amide bonds. The smallest absolute Gasteiger partial charge is 0.251 e. The second-order valence-electron chi connectivity index (χ2n) is 10.5. The molecule has 3 N–H and O–H groups in total. The summed E-state index contributed by atoms with van der Waals surface area (Å²) < 4.78 is 12.1. The highest BCUT2D eigenvalue weighted by Crippen LogP contribution is 2.54. The Balaban J connectivity index is 1.09. The van der Waals surface area contributed by atoms with Crippen molar-refractivity contribution < 1.29 is 13.9 Å². The monoisotopic (exact) mass is 528 g/mol. The third kappa shape index (κ3) is 4.15. The van der Waals surface area contributed by atoms with Crippen LogP contribution < -0.4 is 11.1 Å². The summed E-state index contributed by atoms with van der Waals surface area (Å²) in [7, 11) is 0. The van der Waals surface area contributed by atoms with E-state index in [4.69, 9.17) is 14.9 Å². The first-order chi connectivity index (χ1) is 19.4. The summed E-state index contributed by atoms with van der Waals surface area (Å²) in [6.45, 7) is 4.28. The SMILES string of the molecule is Cc1cc(N)nc(C)c1CNC(=O)c1ccc2c(c1)C1OC2c2ccc(Cc3coc(-c4ccccc4)n3)cc21. The van der Waals surface area contributed by atoms with Crippen molar-refractivity contribution in [3.05, 3.63) is 135 Å². The molecular formula is C33H28N4O3. The molecule has 198 valence electrons. The zero-order valence-electron chi connectivity index (χ0n) is 22.3. The number of ether oxygens (including phenoxy) is 1. The topological polar surface area (TPSA) is 103 Å². The molecule has 3 aromatic carbocycles. The molecule has 0 saturated heterocycles. The first-order valence-corrected chi connectivity index (χ1v) is 13.4.